The van der Waals surface area contributed by atoms with Crippen LogP contribution in [0.2, 0.25) is 0 Å². The molecule has 7 heteroatoms. The Kier molecular flexibility index (Phi) is 5.43. The molecule has 0 atom stereocenters. The lowest BCUT2D eigenvalue weighted by molar-refractivity contribution is 0.0942. The van der Waals surface area contributed by atoms with Gasteiger partial charge in [0.05, 0.1) is 18.8 Å². The van der Waals surface area contributed by atoms with Gasteiger partial charge in [0.15, 0.2) is 5.69 Å². The number of rotatable bonds is 6. The van der Waals surface area contributed by atoms with E-state index in [9.17, 15) is 4.79 Å². The van der Waals surface area contributed by atoms with Crippen LogP contribution in [-0.2, 0) is 0 Å². The molecule has 2 aromatic rings. The first-order valence-electron chi connectivity index (χ1n) is 8.32. The number of carbonyl (C=O) groups is 1. The van der Waals surface area contributed by atoms with E-state index in [1.807, 2.05) is 31.2 Å². The minimum atomic E-state index is -0.219. The van der Waals surface area contributed by atoms with Gasteiger partial charge in [-0.15, -0.1) is 5.10 Å². The number of aryl methyl sites for hydroxylation is 1. The highest BCUT2D eigenvalue weighted by Crippen LogP contribution is 2.17. The number of nitrogens with zero attached hydrogens (tertiary/aromatic N) is 3. The summed E-state index contributed by atoms with van der Waals surface area (Å²) in [5, 5.41) is 14.2. The van der Waals surface area contributed by atoms with Crippen molar-refractivity contribution >= 4 is 5.91 Å². The van der Waals surface area contributed by atoms with Crippen molar-refractivity contribution in [2.24, 2.45) is 0 Å². The summed E-state index contributed by atoms with van der Waals surface area (Å²) in [5.74, 6) is 0.587. The molecule has 2 heterocycles. The Bertz CT molecular complexity index is 679. The van der Waals surface area contributed by atoms with E-state index in [1.54, 1.807) is 10.9 Å². The number of nitrogens with one attached hydrogen (secondary N) is 2. The predicted molar refractivity (Wildman–Crippen MR) is 90.2 cm³/mol. The Morgan fingerprint density at radius 3 is 3.04 bits per heavy atom. The molecule has 7 nitrogen and oxygen atoms in total. The van der Waals surface area contributed by atoms with E-state index in [-0.39, 0.29) is 5.91 Å². The van der Waals surface area contributed by atoms with Crippen molar-refractivity contribution in [3.8, 4) is 5.75 Å². The van der Waals surface area contributed by atoms with Crippen molar-refractivity contribution in [1.82, 2.24) is 25.6 Å². The van der Waals surface area contributed by atoms with Crippen molar-refractivity contribution in [3.05, 3.63) is 41.7 Å². The van der Waals surface area contributed by atoms with E-state index in [0.717, 1.165) is 37.2 Å². The van der Waals surface area contributed by atoms with Gasteiger partial charge >= 0.3 is 0 Å². The van der Waals surface area contributed by atoms with Crippen LogP contribution in [0.3, 0.4) is 0 Å². The normalized spacial score (nSPS) is 15.2. The average molecular weight is 329 g/mol. The number of benzene rings is 1. The standard InChI is InChI=1S/C17H23N5O2/c1-13-3-2-4-15(11-13)24-10-9-19-17(23)16-12-22(21-20-16)14-5-7-18-8-6-14/h2-4,11-12,14,18H,5-10H2,1H3,(H,19,23). The fourth-order valence-electron chi connectivity index (χ4n) is 2.76. The maximum atomic E-state index is 12.1. The van der Waals surface area contributed by atoms with Gasteiger partial charge in [0.2, 0.25) is 0 Å². The van der Waals surface area contributed by atoms with E-state index in [2.05, 4.69) is 20.9 Å². The van der Waals surface area contributed by atoms with Gasteiger partial charge in [0.1, 0.15) is 12.4 Å². The third-order valence-corrected chi connectivity index (χ3v) is 4.07. The molecule has 1 saturated heterocycles. The van der Waals surface area contributed by atoms with Crippen LogP contribution in [0.1, 0.15) is 34.9 Å². The van der Waals surface area contributed by atoms with E-state index >= 15 is 0 Å². The van der Waals surface area contributed by atoms with Gasteiger partial charge in [0.25, 0.3) is 5.91 Å². The summed E-state index contributed by atoms with van der Waals surface area (Å²) >= 11 is 0. The molecular weight excluding hydrogens is 306 g/mol. The first kappa shape index (κ1) is 16.4. The maximum Gasteiger partial charge on any atom is 0.273 e. The summed E-state index contributed by atoms with van der Waals surface area (Å²) in [6.45, 7) is 4.80. The number of hydrogen-bond acceptors (Lipinski definition) is 5. The van der Waals surface area contributed by atoms with Crippen LogP contribution in [0.15, 0.2) is 30.5 Å². The van der Waals surface area contributed by atoms with Crippen LogP contribution in [0, 0.1) is 6.92 Å². The number of aromatic nitrogens is 3. The Hall–Kier alpha value is -2.41. The van der Waals surface area contributed by atoms with Crippen LogP contribution in [-0.4, -0.2) is 47.1 Å². The smallest absolute Gasteiger partial charge is 0.273 e. The second-order valence-corrected chi connectivity index (χ2v) is 5.99. The number of carbonyl (C=O) groups excluding carboxylic acids is 1. The van der Waals surface area contributed by atoms with Gasteiger partial charge < -0.3 is 15.4 Å². The quantitative estimate of drug-likeness (QED) is 0.781. The summed E-state index contributed by atoms with van der Waals surface area (Å²) in [4.78, 5) is 12.1. The first-order valence-corrected chi connectivity index (χ1v) is 8.32. The SMILES string of the molecule is Cc1cccc(OCCNC(=O)c2cn(C3CCNCC3)nn2)c1. The molecule has 0 spiro atoms. The van der Waals surface area contributed by atoms with E-state index in [4.69, 9.17) is 4.74 Å². The van der Waals surface area contributed by atoms with E-state index in [0.29, 0.717) is 24.9 Å². The summed E-state index contributed by atoms with van der Waals surface area (Å²) in [6, 6.07) is 8.15. The predicted octanol–water partition coefficient (Wildman–Crippen LogP) is 1.32. The molecule has 1 amide bonds. The summed E-state index contributed by atoms with van der Waals surface area (Å²) in [7, 11) is 0. The second kappa shape index (κ2) is 7.92. The Morgan fingerprint density at radius 2 is 2.25 bits per heavy atom. The maximum absolute atomic E-state index is 12.1. The number of amides is 1. The number of piperidine rings is 1. The third-order valence-electron chi connectivity index (χ3n) is 4.07. The molecule has 0 unspecified atom stereocenters. The van der Waals surface area contributed by atoms with Gasteiger partial charge in [-0.05, 0) is 50.6 Å². The molecule has 0 aliphatic carbocycles. The topological polar surface area (TPSA) is 81.1 Å². The largest absolute Gasteiger partial charge is 0.492 e. The van der Waals surface area contributed by atoms with Crippen molar-refractivity contribution in [2.75, 3.05) is 26.2 Å². The lowest BCUT2D eigenvalue weighted by Gasteiger charge is -2.22. The number of ether oxygens (including phenoxy) is 1. The van der Waals surface area contributed by atoms with Gasteiger partial charge in [-0.3, -0.25) is 4.79 Å². The first-order chi connectivity index (χ1) is 11.7. The second-order valence-electron chi connectivity index (χ2n) is 5.99. The molecule has 1 aliphatic rings. The minimum Gasteiger partial charge on any atom is -0.492 e. The molecule has 3 rings (SSSR count). The van der Waals surface area contributed by atoms with Gasteiger partial charge in [-0.25, -0.2) is 4.68 Å². The van der Waals surface area contributed by atoms with E-state index in [1.165, 1.54) is 0 Å². The van der Waals surface area contributed by atoms with Crippen LogP contribution in [0.5, 0.6) is 5.75 Å². The zero-order valence-electron chi connectivity index (χ0n) is 13.9. The molecule has 1 aromatic carbocycles. The van der Waals surface area contributed by atoms with Gasteiger partial charge in [0, 0.05) is 0 Å². The van der Waals surface area contributed by atoms with Crippen molar-refractivity contribution in [2.45, 2.75) is 25.8 Å². The van der Waals surface area contributed by atoms with Crippen LogP contribution < -0.4 is 15.4 Å². The van der Waals surface area contributed by atoms with Crippen molar-refractivity contribution in [3.63, 3.8) is 0 Å². The Morgan fingerprint density at radius 1 is 1.42 bits per heavy atom. The van der Waals surface area contributed by atoms with Crippen molar-refractivity contribution in [1.29, 1.82) is 0 Å². The fraction of sp³-hybridized carbons (Fsp3) is 0.471. The zero-order chi connectivity index (χ0) is 16.8. The number of hydrogen-bond donors (Lipinski definition) is 2. The molecule has 2 N–H and O–H groups in total. The Balaban J connectivity index is 1.44. The van der Waals surface area contributed by atoms with Gasteiger partial charge in [-0.1, -0.05) is 17.3 Å². The van der Waals surface area contributed by atoms with Gasteiger partial charge in [-0.2, -0.15) is 0 Å². The third kappa shape index (κ3) is 4.32. The highest BCUT2D eigenvalue weighted by Gasteiger charge is 2.18. The minimum absolute atomic E-state index is 0.219. The summed E-state index contributed by atoms with van der Waals surface area (Å²) in [6.07, 6.45) is 3.75. The molecule has 0 bridgehead atoms. The zero-order valence-corrected chi connectivity index (χ0v) is 13.9. The highest BCUT2D eigenvalue weighted by molar-refractivity contribution is 5.91. The lowest BCUT2D eigenvalue weighted by Crippen LogP contribution is -2.30. The molecule has 1 aliphatic heterocycles. The monoisotopic (exact) mass is 329 g/mol. The van der Waals surface area contributed by atoms with Crippen LogP contribution in [0.4, 0.5) is 0 Å². The molecular formula is C17H23N5O2. The average Bonchev–Trinajstić information content (AvgIpc) is 3.10. The van der Waals surface area contributed by atoms with Crippen LogP contribution in [0.25, 0.3) is 0 Å². The fourth-order valence-corrected chi connectivity index (χ4v) is 2.76. The Labute approximate surface area is 141 Å². The molecule has 0 saturated carbocycles. The molecule has 1 fully saturated rings. The van der Waals surface area contributed by atoms with Crippen LogP contribution >= 0.6 is 0 Å². The highest BCUT2D eigenvalue weighted by atomic mass is 16.5. The molecule has 24 heavy (non-hydrogen) atoms. The molecule has 1 aromatic heterocycles. The van der Waals surface area contributed by atoms with Crippen molar-refractivity contribution < 1.29 is 9.53 Å². The lowest BCUT2D eigenvalue weighted by atomic mass is 10.1. The summed E-state index contributed by atoms with van der Waals surface area (Å²) in [5.41, 5.74) is 1.50. The molecule has 128 valence electrons. The van der Waals surface area contributed by atoms with E-state index < -0.39 is 0 Å². The molecule has 0 radical (unpaired) electrons. The summed E-state index contributed by atoms with van der Waals surface area (Å²) < 4.78 is 7.42.